The predicted octanol–water partition coefficient (Wildman–Crippen LogP) is 1.06. The van der Waals surface area contributed by atoms with E-state index >= 15 is 0 Å². The highest BCUT2D eigenvalue weighted by atomic mass is 16.5. The van der Waals surface area contributed by atoms with E-state index in [0.717, 1.165) is 36.5 Å². The monoisotopic (exact) mass is 250 g/mol. The average molecular weight is 250 g/mol. The molecule has 2 aliphatic heterocycles. The maximum Gasteiger partial charge on any atom is 0.240 e. The van der Waals surface area contributed by atoms with Crippen LogP contribution in [0.2, 0.25) is 0 Å². The number of fused-ring (bicyclic) bond motifs is 1. The Bertz CT molecular complexity index is 405. The molecule has 1 aromatic heterocycles. The summed E-state index contributed by atoms with van der Waals surface area (Å²) in [6.07, 6.45) is 2.05. The Hall–Kier alpha value is -0.940. The predicted molar refractivity (Wildman–Crippen MR) is 68.0 cm³/mol. The molecule has 3 heterocycles. The number of rotatable bonds is 4. The standard InChI is InChI=1S/C13H22N4O/c1-3-11-10-6-14-5-9(10)7-17(11)8-13-15-12(4-2)16-18-13/h9-11,14H,3-8H2,1-2H3. The summed E-state index contributed by atoms with van der Waals surface area (Å²) in [6.45, 7) is 8.66. The molecule has 2 aliphatic rings. The molecule has 3 atom stereocenters. The zero-order chi connectivity index (χ0) is 12.5. The molecule has 0 amide bonds. The number of nitrogens with zero attached hydrogens (tertiary/aromatic N) is 3. The Morgan fingerprint density at radius 1 is 1.39 bits per heavy atom. The van der Waals surface area contributed by atoms with Gasteiger partial charge in [0.15, 0.2) is 5.82 Å². The summed E-state index contributed by atoms with van der Waals surface area (Å²) >= 11 is 0. The molecular weight excluding hydrogens is 228 g/mol. The van der Waals surface area contributed by atoms with Gasteiger partial charge in [-0.2, -0.15) is 4.98 Å². The highest BCUT2D eigenvalue weighted by Gasteiger charge is 2.43. The van der Waals surface area contributed by atoms with Gasteiger partial charge in [0.05, 0.1) is 6.54 Å². The number of aryl methyl sites for hydroxylation is 1. The number of hydrogen-bond acceptors (Lipinski definition) is 5. The first-order valence-electron chi connectivity index (χ1n) is 7.08. The van der Waals surface area contributed by atoms with Gasteiger partial charge in [-0.05, 0) is 31.3 Å². The maximum atomic E-state index is 5.31. The Labute approximate surface area is 108 Å². The summed E-state index contributed by atoms with van der Waals surface area (Å²) in [7, 11) is 0. The van der Waals surface area contributed by atoms with E-state index in [2.05, 4.69) is 34.2 Å². The van der Waals surface area contributed by atoms with Crippen molar-refractivity contribution in [3.63, 3.8) is 0 Å². The van der Waals surface area contributed by atoms with E-state index in [1.54, 1.807) is 0 Å². The molecular formula is C13H22N4O. The maximum absolute atomic E-state index is 5.31. The lowest BCUT2D eigenvalue weighted by Gasteiger charge is -2.25. The molecule has 3 rings (SSSR count). The van der Waals surface area contributed by atoms with Gasteiger partial charge in [0.2, 0.25) is 5.89 Å². The molecule has 1 N–H and O–H groups in total. The minimum atomic E-state index is 0.668. The van der Waals surface area contributed by atoms with Crippen molar-refractivity contribution in [2.75, 3.05) is 19.6 Å². The van der Waals surface area contributed by atoms with Crippen LogP contribution in [0.4, 0.5) is 0 Å². The summed E-state index contributed by atoms with van der Waals surface area (Å²) in [6, 6.07) is 0.668. The number of aromatic nitrogens is 2. The first-order chi connectivity index (χ1) is 8.81. The smallest absolute Gasteiger partial charge is 0.240 e. The van der Waals surface area contributed by atoms with Crippen molar-refractivity contribution < 1.29 is 4.52 Å². The Morgan fingerprint density at radius 2 is 2.28 bits per heavy atom. The molecule has 0 aliphatic carbocycles. The Morgan fingerprint density at radius 3 is 3.00 bits per heavy atom. The van der Waals surface area contributed by atoms with Crippen molar-refractivity contribution in [1.82, 2.24) is 20.4 Å². The lowest BCUT2D eigenvalue weighted by molar-refractivity contribution is 0.184. The second kappa shape index (κ2) is 4.97. The normalized spacial score (nSPS) is 32.0. The highest BCUT2D eigenvalue weighted by Crippen LogP contribution is 2.34. The van der Waals surface area contributed by atoms with Gasteiger partial charge >= 0.3 is 0 Å². The average Bonchev–Trinajstić information content (AvgIpc) is 3.04. The zero-order valence-electron chi connectivity index (χ0n) is 11.2. The van der Waals surface area contributed by atoms with Crippen LogP contribution in [-0.2, 0) is 13.0 Å². The zero-order valence-corrected chi connectivity index (χ0v) is 11.2. The van der Waals surface area contributed by atoms with E-state index in [1.807, 2.05) is 0 Å². The Kier molecular flexibility index (Phi) is 3.35. The van der Waals surface area contributed by atoms with Gasteiger partial charge in [-0.15, -0.1) is 0 Å². The number of hydrogen-bond donors (Lipinski definition) is 1. The van der Waals surface area contributed by atoms with Gasteiger partial charge in [-0.25, -0.2) is 0 Å². The third kappa shape index (κ3) is 2.06. The van der Waals surface area contributed by atoms with Crippen LogP contribution in [0.15, 0.2) is 4.52 Å². The van der Waals surface area contributed by atoms with E-state index in [-0.39, 0.29) is 0 Å². The Balaban J connectivity index is 1.68. The lowest BCUT2D eigenvalue weighted by atomic mass is 9.93. The lowest BCUT2D eigenvalue weighted by Crippen LogP contribution is -2.34. The topological polar surface area (TPSA) is 54.2 Å². The van der Waals surface area contributed by atoms with Gasteiger partial charge in [0.1, 0.15) is 0 Å². The van der Waals surface area contributed by atoms with E-state index < -0.39 is 0 Å². The summed E-state index contributed by atoms with van der Waals surface area (Å²) in [5, 5.41) is 7.48. The fraction of sp³-hybridized carbons (Fsp3) is 0.846. The molecule has 0 saturated carbocycles. The van der Waals surface area contributed by atoms with Crippen LogP contribution in [0.25, 0.3) is 0 Å². The molecule has 1 aromatic rings. The quantitative estimate of drug-likeness (QED) is 0.866. The first kappa shape index (κ1) is 12.1. The van der Waals surface area contributed by atoms with E-state index in [0.29, 0.717) is 6.04 Å². The van der Waals surface area contributed by atoms with Gasteiger partial charge in [-0.1, -0.05) is 19.0 Å². The SMILES string of the molecule is CCc1noc(CN2CC3CNCC3C2CC)n1. The van der Waals surface area contributed by atoms with Crippen LogP contribution in [0.5, 0.6) is 0 Å². The van der Waals surface area contributed by atoms with Crippen molar-refractivity contribution in [2.45, 2.75) is 39.3 Å². The fourth-order valence-electron chi connectivity index (χ4n) is 3.53. The minimum absolute atomic E-state index is 0.668. The van der Waals surface area contributed by atoms with Crippen molar-refractivity contribution in [2.24, 2.45) is 11.8 Å². The van der Waals surface area contributed by atoms with Gasteiger partial charge in [0.25, 0.3) is 0 Å². The van der Waals surface area contributed by atoms with Crippen LogP contribution in [0, 0.1) is 11.8 Å². The van der Waals surface area contributed by atoms with E-state index in [1.165, 1.54) is 26.1 Å². The second-order valence-corrected chi connectivity index (χ2v) is 5.45. The van der Waals surface area contributed by atoms with Crippen molar-refractivity contribution in [3.8, 4) is 0 Å². The summed E-state index contributed by atoms with van der Waals surface area (Å²) in [5.74, 6) is 3.21. The van der Waals surface area contributed by atoms with Crippen LogP contribution < -0.4 is 5.32 Å². The van der Waals surface area contributed by atoms with Crippen LogP contribution in [0.3, 0.4) is 0 Å². The molecule has 100 valence electrons. The summed E-state index contributed by atoms with van der Waals surface area (Å²) in [4.78, 5) is 6.95. The minimum Gasteiger partial charge on any atom is -0.338 e. The van der Waals surface area contributed by atoms with Crippen molar-refractivity contribution in [3.05, 3.63) is 11.7 Å². The fourth-order valence-corrected chi connectivity index (χ4v) is 3.53. The van der Waals surface area contributed by atoms with Crippen molar-refractivity contribution >= 4 is 0 Å². The van der Waals surface area contributed by atoms with Gasteiger partial charge in [0, 0.05) is 19.0 Å². The molecule has 18 heavy (non-hydrogen) atoms. The van der Waals surface area contributed by atoms with Crippen LogP contribution in [0.1, 0.15) is 32.0 Å². The molecule has 0 aromatic carbocycles. The van der Waals surface area contributed by atoms with Crippen LogP contribution in [-0.4, -0.2) is 40.7 Å². The third-order valence-corrected chi connectivity index (χ3v) is 4.41. The van der Waals surface area contributed by atoms with E-state index in [4.69, 9.17) is 4.52 Å². The summed E-state index contributed by atoms with van der Waals surface area (Å²) in [5.41, 5.74) is 0. The molecule has 3 unspecified atom stereocenters. The van der Waals surface area contributed by atoms with Crippen molar-refractivity contribution in [1.29, 1.82) is 0 Å². The second-order valence-electron chi connectivity index (χ2n) is 5.45. The largest absolute Gasteiger partial charge is 0.338 e. The molecule has 5 nitrogen and oxygen atoms in total. The molecule has 2 saturated heterocycles. The first-order valence-corrected chi connectivity index (χ1v) is 7.08. The number of nitrogens with one attached hydrogen (secondary N) is 1. The third-order valence-electron chi connectivity index (χ3n) is 4.41. The molecule has 0 radical (unpaired) electrons. The van der Waals surface area contributed by atoms with Gasteiger partial charge < -0.3 is 9.84 Å². The molecule has 2 fully saturated rings. The van der Waals surface area contributed by atoms with Crippen LogP contribution >= 0.6 is 0 Å². The summed E-state index contributed by atoms with van der Waals surface area (Å²) < 4.78 is 5.31. The van der Waals surface area contributed by atoms with E-state index in [9.17, 15) is 0 Å². The molecule has 5 heteroatoms. The highest BCUT2D eigenvalue weighted by molar-refractivity contribution is 4.99. The molecule has 0 bridgehead atoms. The number of likely N-dealkylation sites (tertiary alicyclic amines) is 1. The molecule has 0 spiro atoms. The van der Waals surface area contributed by atoms with Gasteiger partial charge in [-0.3, -0.25) is 4.90 Å².